The van der Waals surface area contributed by atoms with Gasteiger partial charge in [0.15, 0.2) is 0 Å². The number of thiophene rings is 1. The van der Waals surface area contributed by atoms with E-state index in [4.69, 9.17) is 21.4 Å². The van der Waals surface area contributed by atoms with Crippen LogP contribution in [0.15, 0.2) is 12.1 Å². The predicted molar refractivity (Wildman–Crippen MR) is 84.0 cm³/mol. The highest BCUT2D eigenvalue weighted by atomic mass is 35.5. The molecular weight excluding hydrogens is 318 g/mol. The third-order valence-electron chi connectivity index (χ3n) is 3.27. The minimum absolute atomic E-state index is 0.00335. The monoisotopic (exact) mass is 335 g/mol. The summed E-state index contributed by atoms with van der Waals surface area (Å²) >= 11 is 8.99. The lowest BCUT2D eigenvalue weighted by atomic mass is 9.96. The summed E-state index contributed by atoms with van der Waals surface area (Å²) in [7, 11) is 0. The van der Waals surface area contributed by atoms with E-state index in [0.717, 1.165) is 24.3 Å². The second-order valence-corrected chi connectivity index (χ2v) is 7.59. The van der Waals surface area contributed by atoms with Crippen molar-refractivity contribution in [3.8, 4) is 0 Å². The van der Waals surface area contributed by atoms with Gasteiger partial charge in [-0.25, -0.2) is 0 Å². The molecule has 1 saturated heterocycles. The Labute approximate surface area is 131 Å². The molecule has 0 aliphatic carbocycles. The number of thioether (sulfide) groups is 1. The van der Waals surface area contributed by atoms with Crippen LogP contribution < -0.4 is 5.32 Å². The van der Waals surface area contributed by atoms with Crippen molar-refractivity contribution < 1.29 is 14.6 Å². The van der Waals surface area contributed by atoms with Gasteiger partial charge in [0.1, 0.15) is 0 Å². The molecule has 2 N–H and O–H groups in total. The lowest BCUT2D eigenvalue weighted by Gasteiger charge is -2.37. The average Bonchev–Trinajstić information content (AvgIpc) is 2.90. The molecule has 2 rings (SSSR count). The maximum absolute atomic E-state index is 12.0. The fraction of sp³-hybridized carbons (Fsp3) is 0.615. The summed E-state index contributed by atoms with van der Waals surface area (Å²) in [5, 5.41) is 11.9. The molecule has 1 aliphatic rings. The van der Waals surface area contributed by atoms with Gasteiger partial charge in [-0.15, -0.1) is 11.3 Å². The van der Waals surface area contributed by atoms with Crippen molar-refractivity contribution in [1.82, 2.24) is 5.32 Å². The summed E-state index contributed by atoms with van der Waals surface area (Å²) in [6.07, 6.45) is 1.78. The van der Waals surface area contributed by atoms with Gasteiger partial charge < -0.3 is 15.2 Å². The van der Waals surface area contributed by atoms with Gasteiger partial charge in [-0.2, -0.15) is 11.8 Å². The minimum Gasteiger partial charge on any atom is -0.394 e. The van der Waals surface area contributed by atoms with Crippen molar-refractivity contribution in [2.75, 3.05) is 31.3 Å². The lowest BCUT2D eigenvalue weighted by molar-refractivity contribution is -0.0608. The molecule has 2 heterocycles. The van der Waals surface area contributed by atoms with Crippen LogP contribution in [-0.2, 0) is 4.74 Å². The summed E-state index contributed by atoms with van der Waals surface area (Å²) in [6, 6.07) is 3.44. The van der Waals surface area contributed by atoms with E-state index in [1.54, 1.807) is 12.1 Å². The van der Waals surface area contributed by atoms with Gasteiger partial charge in [-0.05, 0) is 36.5 Å². The second-order valence-electron chi connectivity index (χ2n) is 4.65. The first kappa shape index (κ1) is 16.1. The van der Waals surface area contributed by atoms with E-state index in [1.807, 2.05) is 11.8 Å². The zero-order valence-electron chi connectivity index (χ0n) is 11.1. The molecule has 20 heavy (non-hydrogen) atoms. The lowest BCUT2D eigenvalue weighted by Crippen LogP contribution is -2.47. The molecule has 0 unspecified atom stereocenters. The zero-order valence-corrected chi connectivity index (χ0v) is 13.5. The molecule has 1 aromatic heterocycles. The van der Waals surface area contributed by atoms with E-state index < -0.39 is 0 Å². The molecule has 0 atom stereocenters. The van der Waals surface area contributed by atoms with Gasteiger partial charge in [0, 0.05) is 6.54 Å². The number of amides is 1. The van der Waals surface area contributed by atoms with Crippen LogP contribution in [0.3, 0.4) is 0 Å². The van der Waals surface area contributed by atoms with E-state index in [0.29, 0.717) is 22.4 Å². The SMILES string of the molecule is O=C(NCC1(OCCO)CCSCC1)c1ccc(Cl)s1. The van der Waals surface area contributed by atoms with Gasteiger partial charge in [0.2, 0.25) is 0 Å². The highest BCUT2D eigenvalue weighted by Gasteiger charge is 2.33. The van der Waals surface area contributed by atoms with Crippen molar-refractivity contribution in [2.45, 2.75) is 18.4 Å². The number of hydrogen-bond acceptors (Lipinski definition) is 5. The summed E-state index contributed by atoms with van der Waals surface area (Å²) in [4.78, 5) is 12.7. The topological polar surface area (TPSA) is 58.6 Å². The molecule has 1 amide bonds. The van der Waals surface area contributed by atoms with Crippen LogP contribution in [0.1, 0.15) is 22.5 Å². The standard InChI is InChI=1S/C13H18ClNO3S2/c14-11-2-1-10(20-11)12(17)15-9-13(18-6-5-16)3-7-19-8-4-13/h1-2,16H,3-9H2,(H,15,17). The van der Waals surface area contributed by atoms with Crippen molar-refractivity contribution in [3.63, 3.8) is 0 Å². The van der Waals surface area contributed by atoms with Gasteiger partial charge in [0.25, 0.3) is 5.91 Å². The smallest absolute Gasteiger partial charge is 0.261 e. The Balaban J connectivity index is 1.92. The number of hydrogen-bond donors (Lipinski definition) is 2. The first-order chi connectivity index (χ1) is 9.65. The number of halogens is 1. The zero-order chi connectivity index (χ0) is 14.4. The van der Waals surface area contributed by atoms with Crippen molar-refractivity contribution >= 4 is 40.6 Å². The van der Waals surface area contributed by atoms with E-state index in [1.165, 1.54) is 11.3 Å². The average molecular weight is 336 g/mol. The third-order valence-corrected chi connectivity index (χ3v) is 5.49. The molecule has 1 aliphatic heterocycles. The molecule has 0 aromatic carbocycles. The molecule has 0 bridgehead atoms. The van der Waals surface area contributed by atoms with Crippen LogP contribution in [-0.4, -0.2) is 47.9 Å². The Morgan fingerprint density at radius 1 is 1.45 bits per heavy atom. The molecule has 0 radical (unpaired) electrons. The number of aliphatic hydroxyl groups is 1. The van der Waals surface area contributed by atoms with E-state index in [9.17, 15) is 4.79 Å². The predicted octanol–water partition coefficient (Wildman–Crippen LogP) is 2.41. The van der Waals surface area contributed by atoms with Gasteiger partial charge in [-0.3, -0.25) is 4.79 Å². The fourth-order valence-corrected chi connectivity index (χ4v) is 4.34. The third kappa shape index (κ3) is 4.36. The second kappa shape index (κ2) is 7.66. The van der Waals surface area contributed by atoms with E-state index in [-0.39, 0.29) is 18.1 Å². The summed E-state index contributed by atoms with van der Waals surface area (Å²) < 4.78 is 6.42. The molecular formula is C13H18ClNO3S2. The Hall–Kier alpha value is -0.270. The van der Waals surface area contributed by atoms with Crippen LogP contribution in [0.25, 0.3) is 0 Å². The van der Waals surface area contributed by atoms with E-state index >= 15 is 0 Å². The summed E-state index contributed by atoms with van der Waals surface area (Å²) in [5.41, 5.74) is -0.343. The first-order valence-corrected chi connectivity index (χ1v) is 8.86. The molecule has 1 aromatic rings. The number of carbonyl (C=O) groups excluding carboxylic acids is 1. The normalized spacial score (nSPS) is 17.9. The highest BCUT2D eigenvalue weighted by molar-refractivity contribution is 7.99. The molecule has 7 heteroatoms. The Bertz CT molecular complexity index is 447. The minimum atomic E-state index is -0.343. The molecule has 1 fully saturated rings. The number of rotatable bonds is 6. The summed E-state index contributed by atoms with van der Waals surface area (Å²) in [6.45, 7) is 0.788. The van der Waals surface area contributed by atoms with Crippen LogP contribution in [0, 0.1) is 0 Å². The largest absolute Gasteiger partial charge is 0.394 e. The molecule has 4 nitrogen and oxygen atoms in total. The quantitative estimate of drug-likeness (QED) is 0.838. The van der Waals surface area contributed by atoms with Crippen LogP contribution in [0.2, 0.25) is 4.34 Å². The van der Waals surface area contributed by atoms with Crippen molar-refractivity contribution in [2.24, 2.45) is 0 Å². The van der Waals surface area contributed by atoms with Crippen LogP contribution in [0.5, 0.6) is 0 Å². The Morgan fingerprint density at radius 3 is 2.80 bits per heavy atom. The van der Waals surface area contributed by atoms with Gasteiger partial charge in [0.05, 0.1) is 28.0 Å². The highest BCUT2D eigenvalue weighted by Crippen LogP contribution is 2.30. The van der Waals surface area contributed by atoms with Crippen LogP contribution in [0.4, 0.5) is 0 Å². The van der Waals surface area contributed by atoms with Crippen molar-refractivity contribution in [3.05, 3.63) is 21.3 Å². The Morgan fingerprint density at radius 2 is 2.20 bits per heavy atom. The summed E-state index contributed by atoms with van der Waals surface area (Å²) in [5.74, 6) is 1.92. The number of carbonyl (C=O) groups is 1. The van der Waals surface area contributed by atoms with Crippen LogP contribution >= 0.6 is 34.7 Å². The number of ether oxygens (including phenoxy) is 1. The van der Waals surface area contributed by atoms with E-state index in [2.05, 4.69) is 5.32 Å². The maximum atomic E-state index is 12.0. The van der Waals surface area contributed by atoms with Crippen molar-refractivity contribution in [1.29, 1.82) is 0 Å². The number of aliphatic hydroxyl groups excluding tert-OH is 1. The Kier molecular flexibility index (Phi) is 6.17. The number of nitrogens with one attached hydrogen (secondary N) is 1. The molecule has 0 saturated carbocycles. The first-order valence-electron chi connectivity index (χ1n) is 6.51. The molecule has 112 valence electrons. The fourth-order valence-electron chi connectivity index (χ4n) is 2.14. The van der Waals surface area contributed by atoms with Gasteiger partial charge >= 0.3 is 0 Å². The molecule has 0 spiro atoms. The maximum Gasteiger partial charge on any atom is 0.261 e. The van der Waals surface area contributed by atoms with Gasteiger partial charge in [-0.1, -0.05) is 11.6 Å².